The van der Waals surface area contributed by atoms with Gasteiger partial charge >= 0.3 is 5.97 Å². The maximum absolute atomic E-state index is 11.3. The van der Waals surface area contributed by atoms with Gasteiger partial charge in [-0.3, -0.25) is 0 Å². The number of methoxy groups -OCH3 is 2. The van der Waals surface area contributed by atoms with Crippen LogP contribution >= 0.6 is 0 Å². The molecule has 2 N–H and O–H groups in total. The first-order chi connectivity index (χ1) is 8.71. The summed E-state index contributed by atoms with van der Waals surface area (Å²) in [5.74, 6) is -0.482. The van der Waals surface area contributed by atoms with Crippen LogP contribution in [0.5, 0.6) is 0 Å². The van der Waals surface area contributed by atoms with Crippen molar-refractivity contribution in [2.24, 2.45) is 0 Å². The largest absolute Gasteiger partial charge is 0.464 e. The Morgan fingerprint density at radius 2 is 2.33 bits per heavy atom. The molecule has 1 unspecified atom stereocenters. The number of aromatic nitrogens is 1. The average Bonchev–Trinajstić information content (AvgIpc) is 2.39. The lowest BCUT2D eigenvalue weighted by molar-refractivity contribution is 0.0594. The number of hydrogen-bond donors (Lipinski definition) is 2. The van der Waals surface area contributed by atoms with E-state index in [0.717, 1.165) is 5.69 Å². The van der Waals surface area contributed by atoms with Crippen molar-refractivity contribution >= 4 is 11.7 Å². The maximum atomic E-state index is 11.3. The van der Waals surface area contributed by atoms with E-state index < -0.39 is 5.97 Å². The van der Waals surface area contributed by atoms with Crippen LogP contribution in [-0.4, -0.2) is 49.5 Å². The molecule has 100 valence electrons. The number of ether oxygens (including phenoxy) is 2. The molecule has 1 heterocycles. The first-order valence-electron chi connectivity index (χ1n) is 5.62. The van der Waals surface area contributed by atoms with E-state index >= 15 is 0 Å². The summed E-state index contributed by atoms with van der Waals surface area (Å²) in [6.07, 6.45) is 2.08. The quantitative estimate of drug-likeness (QED) is 0.696. The molecule has 1 atom stereocenters. The third kappa shape index (κ3) is 4.31. The van der Waals surface area contributed by atoms with Gasteiger partial charge in [-0.15, -0.1) is 0 Å². The molecule has 6 heteroatoms. The normalized spacial score (nSPS) is 11.9. The minimum absolute atomic E-state index is 0.0205. The molecular weight excluding hydrogens is 236 g/mol. The number of hydrogen-bond acceptors (Lipinski definition) is 6. The van der Waals surface area contributed by atoms with Gasteiger partial charge in [-0.25, -0.2) is 9.78 Å². The molecular formula is C12H18N2O4. The number of carbonyl (C=O) groups is 1. The molecule has 1 rings (SSSR count). The number of pyridine rings is 1. The lowest BCUT2D eigenvalue weighted by Crippen LogP contribution is -2.26. The van der Waals surface area contributed by atoms with Crippen LogP contribution in [0.15, 0.2) is 18.3 Å². The standard InChI is InChI=1S/C12H18N2O4/c1-17-8-10(4-6-15)14-9-3-5-13-11(7-9)12(16)18-2/h3,5,7,10,15H,4,6,8H2,1-2H3,(H,13,14). The molecule has 1 aromatic heterocycles. The van der Waals surface area contributed by atoms with Crippen LogP contribution < -0.4 is 5.32 Å². The average molecular weight is 254 g/mol. The zero-order valence-corrected chi connectivity index (χ0v) is 10.5. The van der Waals surface area contributed by atoms with Crippen molar-refractivity contribution in [3.8, 4) is 0 Å². The third-order valence-corrected chi connectivity index (χ3v) is 2.37. The minimum atomic E-state index is -0.482. The topological polar surface area (TPSA) is 80.7 Å². The summed E-state index contributed by atoms with van der Waals surface area (Å²) in [6, 6.07) is 3.33. The number of anilines is 1. The first-order valence-corrected chi connectivity index (χ1v) is 5.62. The van der Waals surface area contributed by atoms with Crippen molar-refractivity contribution in [1.82, 2.24) is 4.98 Å². The number of esters is 1. The Labute approximate surface area is 106 Å². The molecule has 0 aliphatic heterocycles. The van der Waals surface area contributed by atoms with Crippen molar-refractivity contribution in [1.29, 1.82) is 0 Å². The van der Waals surface area contributed by atoms with E-state index in [2.05, 4.69) is 15.0 Å². The molecule has 0 amide bonds. The Bertz CT molecular complexity index is 378. The zero-order valence-electron chi connectivity index (χ0n) is 10.5. The van der Waals surface area contributed by atoms with Gasteiger partial charge in [0.05, 0.1) is 19.8 Å². The second-order valence-electron chi connectivity index (χ2n) is 3.73. The molecule has 0 fully saturated rings. The predicted molar refractivity (Wildman–Crippen MR) is 66.6 cm³/mol. The monoisotopic (exact) mass is 254 g/mol. The molecule has 0 saturated heterocycles. The van der Waals surface area contributed by atoms with Crippen LogP contribution in [0, 0.1) is 0 Å². The Kier molecular flexibility index (Phi) is 6.10. The van der Waals surface area contributed by atoms with Gasteiger partial charge in [0.2, 0.25) is 0 Å². The van der Waals surface area contributed by atoms with E-state index in [4.69, 9.17) is 9.84 Å². The third-order valence-electron chi connectivity index (χ3n) is 2.37. The van der Waals surface area contributed by atoms with Crippen LogP contribution in [0.4, 0.5) is 5.69 Å². The molecule has 0 saturated carbocycles. The van der Waals surface area contributed by atoms with Gasteiger partial charge in [-0.2, -0.15) is 0 Å². The summed E-state index contributed by atoms with van der Waals surface area (Å²) in [7, 11) is 2.90. The van der Waals surface area contributed by atoms with Crippen LogP contribution in [0.25, 0.3) is 0 Å². The van der Waals surface area contributed by atoms with Crippen molar-refractivity contribution < 1.29 is 19.4 Å². The smallest absolute Gasteiger partial charge is 0.356 e. The molecule has 18 heavy (non-hydrogen) atoms. The number of nitrogens with one attached hydrogen (secondary N) is 1. The highest BCUT2D eigenvalue weighted by Crippen LogP contribution is 2.11. The molecule has 0 radical (unpaired) electrons. The summed E-state index contributed by atoms with van der Waals surface area (Å²) >= 11 is 0. The second-order valence-corrected chi connectivity index (χ2v) is 3.73. The molecule has 0 spiro atoms. The number of aliphatic hydroxyl groups is 1. The number of carbonyl (C=O) groups excluding carboxylic acids is 1. The summed E-state index contributed by atoms with van der Waals surface area (Å²) in [5, 5.41) is 12.1. The van der Waals surface area contributed by atoms with E-state index in [1.807, 2.05) is 0 Å². The molecule has 0 aliphatic carbocycles. The van der Waals surface area contributed by atoms with Crippen molar-refractivity contribution in [3.05, 3.63) is 24.0 Å². The van der Waals surface area contributed by atoms with Crippen molar-refractivity contribution in [3.63, 3.8) is 0 Å². The van der Waals surface area contributed by atoms with E-state index in [9.17, 15) is 4.79 Å². The summed E-state index contributed by atoms with van der Waals surface area (Å²) in [6.45, 7) is 0.534. The van der Waals surface area contributed by atoms with Gasteiger partial charge in [0, 0.05) is 25.6 Å². The minimum Gasteiger partial charge on any atom is -0.464 e. The van der Waals surface area contributed by atoms with Crippen molar-refractivity contribution in [2.45, 2.75) is 12.5 Å². The fourth-order valence-electron chi connectivity index (χ4n) is 1.53. The van der Waals surface area contributed by atoms with Crippen LogP contribution in [0.3, 0.4) is 0 Å². The summed E-state index contributed by atoms with van der Waals surface area (Å²) < 4.78 is 9.64. The zero-order chi connectivity index (χ0) is 13.4. The van der Waals surface area contributed by atoms with Gasteiger partial charge < -0.3 is 19.9 Å². The molecule has 0 aromatic carbocycles. The second kappa shape index (κ2) is 7.62. The van der Waals surface area contributed by atoms with E-state index in [1.165, 1.54) is 13.3 Å². The highest BCUT2D eigenvalue weighted by Gasteiger charge is 2.11. The lowest BCUT2D eigenvalue weighted by atomic mass is 10.2. The molecule has 1 aromatic rings. The Morgan fingerprint density at radius 3 is 2.94 bits per heavy atom. The van der Waals surface area contributed by atoms with E-state index in [-0.39, 0.29) is 18.3 Å². The fourth-order valence-corrected chi connectivity index (χ4v) is 1.53. The van der Waals surface area contributed by atoms with Gasteiger partial charge in [0.1, 0.15) is 5.69 Å². The van der Waals surface area contributed by atoms with Gasteiger partial charge in [0.25, 0.3) is 0 Å². The number of nitrogens with zero attached hydrogens (tertiary/aromatic N) is 1. The van der Waals surface area contributed by atoms with E-state index in [0.29, 0.717) is 13.0 Å². The Morgan fingerprint density at radius 1 is 1.56 bits per heavy atom. The number of rotatable bonds is 7. The SMILES string of the molecule is COCC(CCO)Nc1ccnc(C(=O)OC)c1. The summed E-state index contributed by atoms with van der Waals surface area (Å²) in [5.41, 5.74) is 0.976. The molecule has 6 nitrogen and oxygen atoms in total. The number of aliphatic hydroxyl groups excluding tert-OH is 1. The highest BCUT2D eigenvalue weighted by molar-refractivity contribution is 5.88. The van der Waals surface area contributed by atoms with E-state index in [1.54, 1.807) is 19.2 Å². The lowest BCUT2D eigenvalue weighted by Gasteiger charge is -2.18. The van der Waals surface area contributed by atoms with Crippen LogP contribution in [0.2, 0.25) is 0 Å². The Balaban J connectivity index is 2.73. The van der Waals surface area contributed by atoms with Crippen LogP contribution in [-0.2, 0) is 9.47 Å². The van der Waals surface area contributed by atoms with Gasteiger partial charge in [-0.05, 0) is 18.6 Å². The first kappa shape index (κ1) is 14.4. The molecule has 0 bridgehead atoms. The molecule has 0 aliphatic rings. The van der Waals surface area contributed by atoms with Crippen molar-refractivity contribution in [2.75, 3.05) is 32.8 Å². The highest BCUT2D eigenvalue weighted by atomic mass is 16.5. The maximum Gasteiger partial charge on any atom is 0.356 e. The predicted octanol–water partition coefficient (Wildman–Crippen LogP) is 0.677. The van der Waals surface area contributed by atoms with Gasteiger partial charge in [0.15, 0.2) is 0 Å². The van der Waals surface area contributed by atoms with Gasteiger partial charge in [-0.1, -0.05) is 0 Å². The fraction of sp³-hybridized carbons (Fsp3) is 0.500. The Hall–Kier alpha value is -1.66. The van der Waals surface area contributed by atoms with Crippen LogP contribution in [0.1, 0.15) is 16.9 Å². The summed E-state index contributed by atoms with van der Waals surface area (Å²) in [4.78, 5) is 15.2.